The highest BCUT2D eigenvalue weighted by Crippen LogP contribution is 2.31. The van der Waals surface area contributed by atoms with Gasteiger partial charge in [0.25, 0.3) is 0 Å². The SMILES string of the molecule is CCO[Si](OCC)(OCC)c1ccc2c(c1)c1ccccc1n2-c1ccccc1. The van der Waals surface area contributed by atoms with Crippen LogP contribution in [0, 0.1) is 0 Å². The van der Waals surface area contributed by atoms with Crippen molar-refractivity contribution in [3.63, 3.8) is 0 Å². The Morgan fingerprint density at radius 3 is 1.90 bits per heavy atom. The van der Waals surface area contributed by atoms with Crippen molar-refractivity contribution in [1.29, 1.82) is 0 Å². The lowest BCUT2D eigenvalue weighted by Gasteiger charge is -2.28. The molecule has 150 valence electrons. The van der Waals surface area contributed by atoms with Gasteiger partial charge in [-0.15, -0.1) is 0 Å². The number of hydrogen-bond acceptors (Lipinski definition) is 3. The molecule has 0 amide bonds. The molecule has 3 aromatic carbocycles. The highest BCUT2D eigenvalue weighted by molar-refractivity contribution is 6.75. The molecule has 0 saturated heterocycles. The predicted molar refractivity (Wildman–Crippen MR) is 121 cm³/mol. The van der Waals surface area contributed by atoms with Crippen LogP contribution in [-0.2, 0) is 13.3 Å². The lowest BCUT2D eigenvalue weighted by Crippen LogP contribution is -2.56. The normalized spacial score (nSPS) is 12.1. The van der Waals surface area contributed by atoms with Gasteiger partial charge in [0.2, 0.25) is 0 Å². The second kappa shape index (κ2) is 8.51. The Morgan fingerprint density at radius 1 is 0.655 bits per heavy atom. The van der Waals surface area contributed by atoms with Crippen molar-refractivity contribution >= 4 is 35.8 Å². The standard InChI is InChI=1S/C24H27NO3Si/c1-4-26-29(27-5-2,28-6-3)20-16-17-24-22(18-20)21-14-10-11-15-23(21)25(24)19-12-8-7-9-13-19/h7-18H,4-6H2,1-3H3. The lowest BCUT2D eigenvalue weighted by atomic mass is 10.1. The topological polar surface area (TPSA) is 32.6 Å². The van der Waals surface area contributed by atoms with E-state index < -0.39 is 8.80 Å². The van der Waals surface area contributed by atoms with Crippen LogP contribution in [0.15, 0.2) is 72.8 Å². The number of aromatic nitrogens is 1. The largest absolute Gasteiger partial charge is 0.537 e. The van der Waals surface area contributed by atoms with E-state index in [0.29, 0.717) is 19.8 Å². The Hall–Kier alpha value is -2.44. The Morgan fingerprint density at radius 2 is 1.24 bits per heavy atom. The van der Waals surface area contributed by atoms with E-state index in [1.54, 1.807) is 0 Å². The molecule has 0 radical (unpaired) electrons. The Labute approximate surface area is 173 Å². The average molecular weight is 406 g/mol. The summed E-state index contributed by atoms with van der Waals surface area (Å²) in [4.78, 5) is 0. The molecule has 0 spiro atoms. The molecule has 4 nitrogen and oxygen atoms in total. The molecule has 1 aromatic heterocycles. The second-order valence-corrected chi connectivity index (χ2v) is 9.33. The van der Waals surface area contributed by atoms with Crippen LogP contribution in [0.4, 0.5) is 0 Å². The van der Waals surface area contributed by atoms with Gasteiger partial charge in [0.05, 0.1) is 11.0 Å². The van der Waals surface area contributed by atoms with Crippen molar-refractivity contribution in [2.75, 3.05) is 19.8 Å². The summed E-state index contributed by atoms with van der Waals surface area (Å²) >= 11 is 0. The van der Waals surface area contributed by atoms with Crippen molar-refractivity contribution in [1.82, 2.24) is 4.57 Å². The third kappa shape index (κ3) is 3.51. The molecule has 0 aliphatic carbocycles. The molecule has 4 rings (SSSR count). The van der Waals surface area contributed by atoms with Gasteiger partial charge < -0.3 is 17.8 Å². The minimum absolute atomic E-state index is 0.552. The van der Waals surface area contributed by atoms with Crippen LogP contribution in [0.25, 0.3) is 27.5 Å². The zero-order valence-corrected chi connectivity index (χ0v) is 18.2. The fourth-order valence-electron chi connectivity index (χ4n) is 3.96. The van der Waals surface area contributed by atoms with E-state index in [1.165, 1.54) is 16.3 Å². The van der Waals surface area contributed by atoms with Gasteiger partial charge in [-0.05, 0) is 51.1 Å². The van der Waals surface area contributed by atoms with Crippen molar-refractivity contribution < 1.29 is 13.3 Å². The number of nitrogens with zero attached hydrogens (tertiary/aromatic N) is 1. The van der Waals surface area contributed by atoms with Gasteiger partial charge in [-0.25, -0.2) is 0 Å². The molecular formula is C24H27NO3Si. The van der Waals surface area contributed by atoms with Crippen LogP contribution in [0.2, 0.25) is 0 Å². The van der Waals surface area contributed by atoms with Crippen LogP contribution in [0.3, 0.4) is 0 Å². The molecular weight excluding hydrogens is 378 g/mol. The number of hydrogen-bond donors (Lipinski definition) is 0. The van der Waals surface area contributed by atoms with Gasteiger partial charge in [-0.3, -0.25) is 0 Å². The van der Waals surface area contributed by atoms with Gasteiger partial charge in [-0.2, -0.15) is 0 Å². The Kier molecular flexibility index (Phi) is 5.83. The van der Waals surface area contributed by atoms with Crippen LogP contribution in [0.1, 0.15) is 20.8 Å². The zero-order chi connectivity index (χ0) is 20.3. The van der Waals surface area contributed by atoms with Crippen molar-refractivity contribution in [3.8, 4) is 5.69 Å². The molecule has 29 heavy (non-hydrogen) atoms. The highest BCUT2D eigenvalue weighted by atomic mass is 28.4. The summed E-state index contributed by atoms with van der Waals surface area (Å²) < 4.78 is 20.7. The third-order valence-electron chi connectivity index (χ3n) is 5.04. The van der Waals surface area contributed by atoms with Gasteiger partial charge in [0, 0.05) is 41.5 Å². The van der Waals surface area contributed by atoms with Crippen LogP contribution in [-0.4, -0.2) is 33.2 Å². The first-order chi connectivity index (χ1) is 14.2. The van der Waals surface area contributed by atoms with E-state index in [4.69, 9.17) is 13.3 Å². The van der Waals surface area contributed by atoms with E-state index in [9.17, 15) is 0 Å². The summed E-state index contributed by atoms with van der Waals surface area (Å²) in [6.07, 6.45) is 0. The first kappa shape index (κ1) is 19.9. The van der Waals surface area contributed by atoms with Crippen LogP contribution >= 0.6 is 0 Å². The van der Waals surface area contributed by atoms with Gasteiger partial charge in [0.15, 0.2) is 0 Å². The summed E-state index contributed by atoms with van der Waals surface area (Å²) in [5, 5.41) is 3.39. The van der Waals surface area contributed by atoms with Crippen molar-refractivity contribution in [2.45, 2.75) is 20.8 Å². The van der Waals surface area contributed by atoms with Crippen LogP contribution in [0.5, 0.6) is 0 Å². The summed E-state index contributed by atoms with van der Waals surface area (Å²) in [5.41, 5.74) is 3.49. The molecule has 5 heteroatoms. The monoisotopic (exact) mass is 405 g/mol. The van der Waals surface area contributed by atoms with E-state index in [0.717, 1.165) is 16.4 Å². The molecule has 0 aliphatic rings. The Balaban J connectivity index is 1.98. The molecule has 0 bridgehead atoms. The van der Waals surface area contributed by atoms with Crippen molar-refractivity contribution in [3.05, 3.63) is 72.8 Å². The zero-order valence-electron chi connectivity index (χ0n) is 17.2. The first-order valence-electron chi connectivity index (χ1n) is 10.2. The molecule has 0 saturated carbocycles. The van der Waals surface area contributed by atoms with Gasteiger partial charge in [0.1, 0.15) is 0 Å². The maximum Gasteiger partial charge on any atom is 0.537 e. The quantitative estimate of drug-likeness (QED) is 0.385. The predicted octanol–water partition coefficient (Wildman–Crippen LogP) is 5.04. The van der Waals surface area contributed by atoms with Crippen molar-refractivity contribution in [2.24, 2.45) is 0 Å². The smallest absolute Gasteiger partial charge is 0.370 e. The minimum atomic E-state index is -2.96. The molecule has 0 unspecified atom stereocenters. The number of para-hydroxylation sites is 2. The summed E-state index contributed by atoms with van der Waals surface area (Å²) in [5.74, 6) is 0. The summed E-state index contributed by atoms with van der Waals surface area (Å²) in [6, 6.07) is 25.4. The van der Waals surface area contributed by atoms with Gasteiger partial charge >= 0.3 is 8.80 Å². The van der Waals surface area contributed by atoms with E-state index in [-0.39, 0.29) is 0 Å². The fraction of sp³-hybridized carbons (Fsp3) is 0.250. The number of fused-ring (bicyclic) bond motifs is 3. The third-order valence-corrected chi connectivity index (χ3v) is 8.07. The molecule has 0 fully saturated rings. The maximum absolute atomic E-state index is 6.14. The molecule has 1 heterocycles. The summed E-state index contributed by atoms with van der Waals surface area (Å²) in [6.45, 7) is 7.61. The second-order valence-electron chi connectivity index (χ2n) is 6.78. The fourth-order valence-corrected chi connectivity index (χ4v) is 6.46. The number of rotatable bonds is 8. The highest BCUT2D eigenvalue weighted by Gasteiger charge is 2.43. The average Bonchev–Trinajstić information content (AvgIpc) is 3.08. The van der Waals surface area contributed by atoms with E-state index in [2.05, 4.69) is 71.3 Å². The minimum Gasteiger partial charge on any atom is -0.370 e. The molecule has 4 aromatic rings. The Bertz CT molecular complexity index is 1090. The molecule has 0 atom stereocenters. The van der Waals surface area contributed by atoms with Crippen LogP contribution < -0.4 is 5.19 Å². The lowest BCUT2D eigenvalue weighted by molar-refractivity contribution is 0.0859. The van der Waals surface area contributed by atoms with Gasteiger partial charge in [-0.1, -0.05) is 42.5 Å². The number of benzene rings is 3. The first-order valence-corrected chi connectivity index (χ1v) is 12.0. The summed E-state index contributed by atoms with van der Waals surface area (Å²) in [7, 11) is -2.96. The van der Waals surface area contributed by atoms with E-state index >= 15 is 0 Å². The maximum atomic E-state index is 6.14. The molecule has 0 N–H and O–H groups in total. The molecule has 0 aliphatic heterocycles. The van der Waals surface area contributed by atoms with E-state index in [1.807, 2.05) is 26.8 Å².